The maximum absolute atomic E-state index is 13.1. The number of urea groups is 1. The lowest BCUT2D eigenvalue weighted by Crippen LogP contribution is -2.28. The van der Waals surface area contributed by atoms with Gasteiger partial charge in [-0.25, -0.2) is 9.78 Å². The molecule has 0 aliphatic carbocycles. The molecule has 0 bridgehead atoms. The standard InChI is InChI=1S/C18H14ClF3N4O2S/c19-11-3-1-2-10(6-11)15-14(29-16(26-15)18(20,21)22)8-24-17(28)25-12-4-5-13(9-27)23-7-12/h1-7,27H,8-9H2,(H2,24,25,28). The molecule has 2 aromatic heterocycles. The molecule has 3 N–H and O–H groups in total. The molecule has 11 heteroatoms. The van der Waals surface area contributed by atoms with Crippen molar-refractivity contribution in [2.45, 2.75) is 19.3 Å². The second kappa shape index (κ2) is 8.76. The minimum atomic E-state index is -4.60. The molecule has 0 aliphatic rings. The number of thiazole rings is 1. The van der Waals surface area contributed by atoms with Crippen LogP contribution in [0.1, 0.15) is 15.6 Å². The van der Waals surface area contributed by atoms with E-state index in [1.165, 1.54) is 18.3 Å². The van der Waals surface area contributed by atoms with E-state index in [0.717, 1.165) is 0 Å². The van der Waals surface area contributed by atoms with Crippen LogP contribution in [0, 0.1) is 0 Å². The number of rotatable bonds is 5. The van der Waals surface area contributed by atoms with Crippen LogP contribution >= 0.6 is 22.9 Å². The van der Waals surface area contributed by atoms with Crippen LogP contribution in [-0.2, 0) is 19.3 Å². The van der Waals surface area contributed by atoms with Crippen LogP contribution in [0.15, 0.2) is 42.6 Å². The largest absolute Gasteiger partial charge is 0.443 e. The minimum absolute atomic E-state index is 0.110. The highest BCUT2D eigenvalue weighted by molar-refractivity contribution is 7.12. The van der Waals surface area contributed by atoms with Crippen LogP contribution in [-0.4, -0.2) is 21.1 Å². The number of hydrogen-bond donors (Lipinski definition) is 3. The Labute approximate surface area is 172 Å². The first-order chi connectivity index (χ1) is 13.8. The number of carbonyl (C=O) groups excluding carboxylic acids is 1. The molecular formula is C18H14ClF3N4O2S. The van der Waals surface area contributed by atoms with Crippen molar-refractivity contribution in [2.75, 3.05) is 5.32 Å². The van der Waals surface area contributed by atoms with E-state index in [9.17, 15) is 18.0 Å². The number of halogens is 4. The van der Waals surface area contributed by atoms with Crippen LogP contribution in [0.5, 0.6) is 0 Å². The molecule has 0 saturated carbocycles. The molecule has 3 aromatic rings. The molecule has 0 aliphatic heterocycles. The summed E-state index contributed by atoms with van der Waals surface area (Å²) in [6.45, 7) is -0.394. The predicted molar refractivity (Wildman–Crippen MR) is 104 cm³/mol. The maximum Gasteiger partial charge on any atom is 0.443 e. The Balaban J connectivity index is 1.76. The smallest absolute Gasteiger partial charge is 0.390 e. The van der Waals surface area contributed by atoms with Gasteiger partial charge in [0.25, 0.3) is 0 Å². The average molecular weight is 443 g/mol. The first-order valence-corrected chi connectivity index (χ1v) is 9.39. The van der Waals surface area contributed by atoms with E-state index in [0.29, 0.717) is 33.3 Å². The number of amides is 2. The molecule has 2 amide bonds. The summed E-state index contributed by atoms with van der Waals surface area (Å²) in [5.41, 5.74) is 1.34. The second-order valence-corrected chi connectivity index (χ2v) is 7.32. The fraction of sp³-hybridized carbons (Fsp3) is 0.167. The molecule has 0 spiro atoms. The molecule has 0 unspecified atom stereocenters. The van der Waals surface area contributed by atoms with Gasteiger partial charge in [-0.05, 0) is 24.3 Å². The van der Waals surface area contributed by atoms with Gasteiger partial charge in [-0.1, -0.05) is 23.7 Å². The van der Waals surface area contributed by atoms with Crippen LogP contribution in [0.25, 0.3) is 11.3 Å². The number of alkyl halides is 3. The molecule has 0 atom stereocenters. The maximum atomic E-state index is 13.1. The number of anilines is 1. The van der Waals surface area contributed by atoms with Crippen molar-refractivity contribution in [3.63, 3.8) is 0 Å². The summed E-state index contributed by atoms with van der Waals surface area (Å²) in [5, 5.41) is 13.3. The number of aromatic nitrogens is 2. The number of nitrogens with one attached hydrogen (secondary N) is 2. The molecule has 3 rings (SSSR count). The van der Waals surface area contributed by atoms with Crippen LogP contribution in [0.2, 0.25) is 5.02 Å². The van der Waals surface area contributed by atoms with Crippen LogP contribution in [0.4, 0.5) is 23.7 Å². The average Bonchev–Trinajstić information content (AvgIpc) is 3.12. The number of carbonyl (C=O) groups is 1. The molecule has 152 valence electrons. The number of benzene rings is 1. The highest BCUT2D eigenvalue weighted by Crippen LogP contribution is 2.38. The van der Waals surface area contributed by atoms with Gasteiger partial charge >= 0.3 is 12.2 Å². The first kappa shape index (κ1) is 21.0. The summed E-state index contributed by atoms with van der Waals surface area (Å²) >= 11 is 6.39. The van der Waals surface area contributed by atoms with Crippen molar-refractivity contribution in [3.05, 3.63) is 63.2 Å². The first-order valence-electron chi connectivity index (χ1n) is 8.19. The number of aliphatic hydroxyl groups excluding tert-OH is 1. The summed E-state index contributed by atoms with van der Waals surface area (Å²) < 4.78 is 39.4. The van der Waals surface area contributed by atoms with Crippen molar-refractivity contribution in [3.8, 4) is 11.3 Å². The number of nitrogens with zero attached hydrogens (tertiary/aromatic N) is 2. The van der Waals surface area contributed by atoms with E-state index < -0.39 is 17.2 Å². The van der Waals surface area contributed by atoms with E-state index in [-0.39, 0.29) is 23.7 Å². The molecule has 6 nitrogen and oxygen atoms in total. The second-order valence-electron chi connectivity index (χ2n) is 5.80. The van der Waals surface area contributed by atoms with E-state index in [1.807, 2.05) is 0 Å². The molecule has 0 fully saturated rings. The van der Waals surface area contributed by atoms with E-state index in [1.54, 1.807) is 24.3 Å². The monoisotopic (exact) mass is 442 g/mol. The fourth-order valence-electron chi connectivity index (χ4n) is 2.38. The predicted octanol–water partition coefficient (Wildman–Crippen LogP) is 4.69. The topological polar surface area (TPSA) is 87.1 Å². The number of aliphatic hydroxyl groups is 1. The Morgan fingerprint density at radius 1 is 1.24 bits per heavy atom. The number of pyridine rings is 1. The van der Waals surface area contributed by atoms with Gasteiger partial charge in [-0.2, -0.15) is 13.2 Å². The zero-order valence-corrected chi connectivity index (χ0v) is 16.2. The summed E-state index contributed by atoms with van der Waals surface area (Å²) in [6.07, 6.45) is -3.24. The molecule has 0 saturated heterocycles. The molecule has 0 radical (unpaired) electrons. The summed E-state index contributed by atoms with van der Waals surface area (Å²) in [4.78, 5) is 20.0. The van der Waals surface area contributed by atoms with Gasteiger partial charge in [0.15, 0.2) is 5.01 Å². The van der Waals surface area contributed by atoms with Gasteiger partial charge in [-0.3, -0.25) is 4.98 Å². The molecule has 1 aromatic carbocycles. The Morgan fingerprint density at radius 3 is 2.66 bits per heavy atom. The minimum Gasteiger partial charge on any atom is -0.390 e. The van der Waals surface area contributed by atoms with E-state index in [2.05, 4.69) is 20.6 Å². The SMILES string of the molecule is O=C(NCc1sc(C(F)(F)F)nc1-c1cccc(Cl)c1)Nc1ccc(CO)nc1. The van der Waals surface area contributed by atoms with Crippen molar-refractivity contribution in [1.82, 2.24) is 15.3 Å². The van der Waals surface area contributed by atoms with Crippen molar-refractivity contribution in [2.24, 2.45) is 0 Å². The lowest BCUT2D eigenvalue weighted by Gasteiger charge is -2.08. The zero-order valence-electron chi connectivity index (χ0n) is 14.6. The van der Waals surface area contributed by atoms with Crippen LogP contribution in [0.3, 0.4) is 0 Å². The number of hydrogen-bond acceptors (Lipinski definition) is 5. The van der Waals surface area contributed by atoms with Crippen molar-refractivity contribution < 1.29 is 23.1 Å². The Bertz CT molecular complexity index is 1010. The summed E-state index contributed by atoms with van der Waals surface area (Å²) in [6, 6.07) is 8.77. The van der Waals surface area contributed by atoms with Gasteiger partial charge in [0, 0.05) is 10.6 Å². The highest BCUT2D eigenvalue weighted by atomic mass is 35.5. The Morgan fingerprint density at radius 2 is 2.03 bits per heavy atom. The zero-order chi connectivity index (χ0) is 21.0. The van der Waals surface area contributed by atoms with Crippen molar-refractivity contribution in [1.29, 1.82) is 0 Å². The van der Waals surface area contributed by atoms with Gasteiger partial charge < -0.3 is 15.7 Å². The third-order valence-electron chi connectivity index (χ3n) is 3.69. The van der Waals surface area contributed by atoms with Gasteiger partial charge in [0.1, 0.15) is 0 Å². The van der Waals surface area contributed by atoms with E-state index in [4.69, 9.17) is 16.7 Å². The molecule has 29 heavy (non-hydrogen) atoms. The Hall–Kier alpha value is -2.69. The third kappa shape index (κ3) is 5.43. The molecular weight excluding hydrogens is 429 g/mol. The van der Waals surface area contributed by atoms with Gasteiger partial charge in [0.2, 0.25) is 0 Å². The highest BCUT2D eigenvalue weighted by Gasteiger charge is 2.36. The quantitative estimate of drug-likeness (QED) is 0.535. The normalized spacial score (nSPS) is 11.3. The summed E-state index contributed by atoms with van der Waals surface area (Å²) in [5.74, 6) is 0. The fourth-order valence-corrected chi connectivity index (χ4v) is 3.46. The Kier molecular flexibility index (Phi) is 6.36. The van der Waals surface area contributed by atoms with Gasteiger partial charge in [0.05, 0.1) is 41.3 Å². The lowest BCUT2D eigenvalue weighted by molar-refractivity contribution is -0.137. The summed E-state index contributed by atoms with van der Waals surface area (Å²) in [7, 11) is 0. The van der Waals surface area contributed by atoms with Gasteiger partial charge in [-0.15, -0.1) is 11.3 Å². The molecule has 2 heterocycles. The van der Waals surface area contributed by atoms with Crippen LogP contribution < -0.4 is 10.6 Å². The van der Waals surface area contributed by atoms with Crippen molar-refractivity contribution >= 4 is 34.7 Å². The lowest BCUT2D eigenvalue weighted by atomic mass is 10.1. The third-order valence-corrected chi connectivity index (χ3v) is 5.03. The van der Waals surface area contributed by atoms with E-state index >= 15 is 0 Å².